The summed E-state index contributed by atoms with van der Waals surface area (Å²) in [5, 5.41) is 15.0. The zero-order chi connectivity index (χ0) is 51.4. The van der Waals surface area contributed by atoms with E-state index in [-0.39, 0.29) is 54.3 Å². The van der Waals surface area contributed by atoms with E-state index in [2.05, 4.69) is 16.7 Å². The molecule has 2 fully saturated rings. The van der Waals surface area contributed by atoms with Gasteiger partial charge in [0.05, 0.1) is 16.9 Å². The number of pyridine rings is 1. The number of amides is 2. The fourth-order valence-electron chi connectivity index (χ4n) is 9.24. The predicted octanol–water partition coefficient (Wildman–Crippen LogP) is 4.60. The molecule has 0 bridgehead atoms. The topological polar surface area (TPSA) is 253 Å². The van der Waals surface area contributed by atoms with Crippen LogP contribution in [0.5, 0.6) is 0 Å². The number of nitrogens with one attached hydrogen (secondary N) is 2. The normalized spacial score (nSPS) is 17.8. The van der Waals surface area contributed by atoms with Crippen LogP contribution in [0.2, 0.25) is 0 Å². The minimum atomic E-state index is -3.89. The van der Waals surface area contributed by atoms with Gasteiger partial charge in [0.25, 0.3) is 0 Å². The van der Waals surface area contributed by atoms with E-state index >= 15 is 0 Å². The Hall–Kier alpha value is -6.80. The van der Waals surface area contributed by atoms with Crippen LogP contribution in [0.1, 0.15) is 72.2 Å². The quantitative estimate of drug-likeness (QED) is 0.0693. The molecule has 0 radical (unpaired) electrons. The van der Waals surface area contributed by atoms with Crippen LogP contribution in [0.4, 0.5) is 5.69 Å². The maximum absolute atomic E-state index is 13.1. The van der Waals surface area contributed by atoms with Crippen molar-refractivity contribution in [3.8, 4) is 0 Å². The summed E-state index contributed by atoms with van der Waals surface area (Å²) in [5.41, 5.74) is 11.7. The zero-order valence-corrected chi connectivity index (χ0v) is 41.7. The number of carboxylic acids is 1. The molecule has 8 rings (SSSR count). The van der Waals surface area contributed by atoms with Gasteiger partial charge in [0.15, 0.2) is 0 Å². The van der Waals surface area contributed by atoms with E-state index < -0.39 is 68.0 Å². The molecule has 17 nitrogen and oxygen atoms in total. The summed E-state index contributed by atoms with van der Waals surface area (Å²) in [6.07, 6.45) is 6.81. The van der Waals surface area contributed by atoms with Crippen LogP contribution in [0.25, 0.3) is 0 Å². The number of hydrogen-bond acceptors (Lipinski definition) is 12. The number of esters is 1. The lowest BCUT2D eigenvalue weighted by atomic mass is 9.95. The first-order valence-corrected chi connectivity index (χ1v) is 26.9. The molecule has 5 N–H and O–H groups in total. The van der Waals surface area contributed by atoms with Crippen LogP contribution in [0, 0.1) is 0 Å². The van der Waals surface area contributed by atoms with Crippen molar-refractivity contribution in [3.63, 3.8) is 0 Å². The Kier molecular flexibility index (Phi) is 17.7. The third kappa shape index (κ3) is 13.4. The number of anilines is 1. The van der Waals surface area contributed by atoms with E-state index in [0.717, 1.165) is 46.1 Å². The smallest absolute Gasteiger partial charge is 0.328 e. The number of Topliss-reactive ketones (excluding diaryl/α,β-unsaturated/α-hetero) is 1. The minimum absolute atomic E-state index is 0.0203. The number of fused-ring (bicyclic) bond motifs is 1. The van der Waals surface area contributed by atoms with Gasteiger partial charge in [-0.2, -0.15) is 8.61 Å². The van der Waals surface area contributed by atoms with Crippen molar-refractivity contribution in [2.45, 2.75) is 111 Å². The van der Waals surface area contributed by atoms with Crippen LogP contribution < -0.4 is 16.4 Å². The second-order valence-electron chi connectivity index (χ2n) is 18.1. The summed E-state index contributed by atoms with van der Waals surface area (Å²) < 4.78 is 59.4. The number of nitrogen functional groups attached to an aromatic ring is 1. The van der Waals surface area contributed by atoms with Gasteiger partial charge in [-0.25, -0.2) is 26.4 Å². The number of aryl methyl sites for hydroxylation is 2. The highest BCUT2D eigenvalue weighted by molar-refractivity contribution is 7.89. The van der Waals surface area contributed by atoms with Crippen molar-refractivity contribution >= 4 is 55.3 Å². The number of carbonyl (C=O) groups is 5. The van der Waals surface area contributed by atoms with E-state index in [0.29, 0.717) is 36.9 Å². The minimum Gasteiger partial charge on any atom is -0.480 e. The summed E-state index contributed by atoms with van der Waals surface area (Å²) in [6, 6.07) is 29.9. The molecule has 380 valence electrons. The first kappa shape index (κ1) is 53.0. The Bertz CT molecular complexity index is 2940. The first-order chi connectivity index (χ1) is 34.5. The molecule has 4 atom stereocenters. The maximum atomic E-state index is 13.1. The molecule has 1 aliphatic carbocycles. The van der Waals surface area contributed by atoms with Crippen molar-refractivity contribution in [1.29, 1.82) is 0 Å². The largest absolute Gasteiger partial charge is 0.480 e. The predicted molar refractivity (Wildman–Crippen MR) is 268 cm³/mol. The third-order valence-corrected chi connectivity index (χ3v) is 16.9. The van der Waals surface area contributed by atoms with Crippen molar-refractivity contribution in [1.82, 2.24) is 24.2 Å². The summed E-state index contributed by atoms with van der Waals surface area (Å²) in [6.45, 7) is 0.436. The van der Waals surface area contributed by atoms with Gasteiger partial charge in [0.2, 0.25) is 31.9 Å². The van der Waals surface area contributed by atoms with E-state index in [1.54, 1.807) is 84.9 Å². The molecule has 0 saturated carbocycles. The molecule has 19 heteroatoms. The number of nitrogens with zero attached hydrogens (tertiary/aromatic N) is 3. The standard InChI is InChI=1S/C32H35N3O6S.C21H25N3O5S/c36-26(21-25-17-16-24-7-4-5-10-28(24)33-25)19-22-12-14-23(15-13-22)20-29(32(38)39)34-31(37)30-11-6-18-35(30)42(40,41)27-8-2-1-3-9-27;1-29-21(26)18(14-15-9-11-16(22)12-10-15)23-20(25)19-8-5-13-24(19)30(27,28)17-6-3-2-4-7-17/h1-3,8-9,12-17,29-30H,4-7,10-11,18-21H2,(H,34,37)(H,38,39);2-4,6-7,9-12,18-19H,5,8,13-14,22H2,1H3,(H,23,25)/t29-,30-;18-,19-/m00/s1. The summed E-state index contributed by atoms with van der Waals surface area (Å²) in [7, 11) is -6.47. The second kappa shape index (κ2) is 24.1. The molecule has 2 saturated heterocycles. The van der Waals surface area contributed by atoms with Crippen LogP contribution >= 0.6 is 0 Å². The van der Waals surface area contributed by atoms with Gasteiger partial charge in [-0.1, -0.05) is 78.9 Å². The lowest BCUT2D eigenvalue weighted by Crippen LogP contribution is -2.51. The number of nitrogens with two attached hydrogens (primary N) is 1. The van der Waals surface area contributed by atoms with E-state index in [1.807, 2.05) is 6.07 Å². The Morgan fingerprint density at radius 3 is 1.65 bits per heavy atom. The number of carboxylic acid groups (broad SMARTS) is 1. The lowest BCUT2D eigenvalue weighted by molar-refractivity contribution is -0.145. The average molecular weight is 1020 g/mol. The number of benzene rings is 4. The zero-order valence-electron chi connectivity index (χ0n) is 40.0. The lowest BCUT2D eigenvalue weighted by Gasteiger charge is -2.25. The summed E-state index contributed by atoms with van der Waals surface area (Å²) >= 11 is 0. The number of sulfonamides is 2. The van der Waals surface area contributed by atoms with E-state index in [9.17, 15) is 45.9 Å². The van der Waals surface area contributed by atoms with Crippen molar-refractivity contribution in [2.75, 3.05) is 25.9 Å². The van der Waals surface area contributed by atoms with Gasteiger partial charge in [-0.05, 0) is 116 Å². The number of carbonyl (C=O) groups excluding carboxylic acids is 4. The molecule has 2 amide bonds. The molecule has 0 spiro atoms. The molecule has 2 aliphatic heterocycles. The van der Waals surface area contributed by atoms with Crippen molar-refractivity contribution in [3.05, 3.63) is 155 Å². The fourth-order valence-corrected chi connectivity index (χ4v) is 12.6. The van der Waals surface area contributed by atoms with E-state index in [1.165, 1.54) is 47.7 Å². The Balaban J connectivity index is 0.000000224. The number of ether oxygens (including phenoxy) is 1. The Morgan fingerprint density at radius 2 is 1.12 bits per heavy atom. The summed E-state index contributed by atoms with van der Waals surface area (Å²) in [5.74, 6) is -2.91. The van der Waals surface area contributed by atoms with E-state index in [4.69, 9.17) is 15.5 Å². The SMILES string of the molecule is COC(=O)[C@H](Cc1ccc(N)cc1)NC(=O)[C@@H]1CCCN1S(=O)(=O)c1ccccc1.O=C(Cc1ccc(C[C@H](NC(=O)[C@@H]2CCCN2S(=O)(=O)c2ccccc2)C(=O)O)cc1)Cc1ccc2c(n1)CCCC2. The Labute approximate surface area is 420 Å². The molecule has 72 heavy (non-hydrogen) atoms. The van der Waals surface area contributed by atoms with Gasteiger partial charge in [0, 0.05) is 55.8 Å². The monoisotopic (exact) mass is 1020 g/mol. The summed E-state index contributed by atoms with van der Waals surface area (Å²) in [4.78, 5) is 68.0. The fraction of sp³-hybridized carbons (Fsp3) is 0.358. The number of methoxy groups -OCH3 is 1. The van der Waals surface area contributed by atoms with Crippen LogP contribution in [0.3, 0.4) is 0 Å². The highest BCUT2D eigenvalue weighted by atomic mass is 32.2. The number of hydrogen-bond donors (Lipinski definition) is 4. The number of rotatable bonds is 18. The molecule has 3 aliphatic rings. The number of ketones is 1. The average Bonchev–Trinajstić information content (AvgIpc) is 4.11. The molecule has 0 unspecified atom stereocenters. The molecule has 1 aromatic heterocycles. The molecule has 3 heterocycles. The molecular formula is C53H60N6O11S2. The molecule has 5 aromatic rings. The second-order valence-corrected chi connectivity index (χ2v) is 21.9. The van der Waals surface area contributed by atoms with Gasteiger partial charge < -0.3 is 26.2 Å². The van der Waals surface area contributed by atoms with Gasteiger partial charge in [-0.3, -0.25) is 19.4 Å². The Morgan fingerprint density at radius 1 is 0.639 bits per heavy atom. The van der Waals surface area contributed by atoms with Crippen molar-refractivity contribution < 1.29 is 50.7 Å². The van der Waals surface area contributed by atoms with Gasteiger partial charge in [0.1, 0.15) is 30.0 Å². The van der Waals surface area contributed by atoms with Gasteiger partial charge >= 0.3 is 11.9 Å². The van der Waals surface area contributed by atoms with Crippen LogP contribution in [-0.4, -0.2) is 109 Å². The number of aliphatic carboxylic acids is 1. The third-order valence-electron chi connectivity index (χ3n) is 13.0. The van der Waals surface area contributed by atoms with Crippen LogP contribution in [0.15, 0.2) is 131 Å². The highest BCUT2D eigenvalue weighted by Gasteiger charge is 2.42. The van der Waals surface area contributed by atoms with Gasteiger partial charge in [-0.15, -0.1) is 0 Å². The maximum Gasteiger partial charge on any atom is 0.328 e. The van der Waals surface area contributed by atoms with Crippen LogP contribution in [-0.2, 0) is 87.3 Å². The molecular weight excluding hydrogens is 961 g/mol. The van der Waals surface area contributed by atoms with Crippen molar-refractivity contribution in [2.24, 2.45) is 0 Å². The highest BCUT2D eigenvalue weighted by Crippen LogP contribution is 2.28. The molecule has 4 aromatic carbocycles. The number of aromatic nitrogens is 1. The first-order valence-electron chi connectivity index (χ1n) is 24.0.